The topological polar surface area (TPSA) is 3.24 Å². The third-order valence-corrected chi connectivity index (χ3v) is 12.0. The molecule has 2 heterocycles. The van der Waals surface area contributed by atoms with Gasteiger partial charge in [-0.15, -0.1) is 22.7 Å². The van der Waals surface area contributed by atoms with Gasteiger partial charge in [0.15, 0.2) is 0 Å². The molecule has 0 saturated carbocycles. The molecule has 0 bridgehead atoms. The summed E-state index contributed by atoms with van der Waals surface area (Å²) >= 11 is 3.75. The maximum atomic E-state index is 2.41. The molecule has 1 nitrogen and oxygen atoms in total. The minimum Gasteiger partial charge on any atom is -0.310 e. The number of benzene rings is 8. The van der Waals surface area contributed by atoms with Crippen molar-refractivity contribution in [1.29, 1.82) is 0 Å². The summed E-state index contributed by atoms with van der Waals surface area (Å²) in [5.41, 5.74) is 8.30. The van der Waals surface area contributed by atoms with Crippen LogP contribution in [0.2, 0.25) is 0 Å². The molecule has 0 N–H and O–H groups in total. The van der Waals surface area contributed by atoms with E-state index in [-0.39, 0.29) is 0 Å². The zero-order chi connectivity index (χ0) is 32.3. The van der Waals surface area contributed by atoms with Crippen molar-refractivity contribution < 1.29 is 0 Å². The van der Waals surface area contributed by atoms with Crippen LogP contribution in [-0.2, 0) is 0 Å². The Kier molecular flexibility index (Phi) is 6.61. The number of fused-ring (bicyclic) bond motifs is 8. The summed E-state index contributed by atoms with van der Waals surface area (Å²) in [5.74, 6) is 0. The Morgan fingerprint density at radius 3 is 1.84 bits per heavy atom. The fourth-order valence-corrected chi connectivity index (χ4v) is 9.70. The Labute approximate surface area is 292 Å². The highest BCUT2D eigenvalue weighted by Gasteiger charge is 2.17. The summed E-state index contributed by atoms with van der Waals surface area (Å²) in [4.78, 5) is 2.41. The van der Waals surface area contributed by atoms with Gasteiger partial charge < -0.3 is 4.90 Å². The highest BCUT2D eigenvalue weighted by Crippen LogP contribution is 2.44. The molecule has 0 radical (unpaired) electrons. The van der Waals surface area contributed by atoms with E-state index < -0.39 is 0 Å². The van der Waals surface area contributed by atoms with Crippen LogP contribution < -0.4 is 4.90 Å². The molecule has 230 valence electrons. The molecule has 0 aliphatic carbocycles. The summed E-state index contributed by atoms with van der Waals surface area (Å²) in [5, 5.41) is 7.84. The molecule has 0 amide bonds. The molecule has 0 aliphatic rings. The van der Waals surface area contributed by atoms with Crippen LogP contribution in [0.5, 0.6) is 0 Å². The maximum Gasteiger partial charge on any atom is 0.0468 e. The fourth-order valence-electron chi connectivity index (χ4n) is 7.34. The van der Waals surface area contributed by atoms with Crippen molar-refractivity contribution in [3.8, 4) is 22.3 Å². The average molecular weight is 660 g/mol. The van der Waals surface area contributed by atoms with Crippen LogP contribution in [0.3, 0.4) is 0 Å². The normalized spacial score (nSPS) is 11.7. The van der Waals surface area contributed by atoms with Crippen molar-refractivity contribution in [3.63, 3.8) is 0 Å². The molecule has 0 fully saturated rings. The number of thiophene rings is 2. The molecule has 10 rings (SSSR count). The van der Waals surface area contributed by atoms with E-state index in [4.69, 9.17) is 0 Å². The van der Waals surface area contributed by atoms with Crippen LogP contribution in [-0.4, -0.2) is 0 Å². The second-order valence-electron chi connectivity index (χ2n) is 12.5. The highest BCUT2D eigenvalue weighted by molar-refractivity contribution is 7.26. The standard InChI is InChI=1S/C46H29NS2/c1-2-10-30(11-3-1)31-20-24-34(25-21-31)47(36-26-22-32-23-27-44-45(41(32)29-36)40-15-5-7-19-43(40)48-44)35-13-8-12-33(28-35)37-16-9-17-39-38-14-4-6-18-42(38)49-46(37)39/h1-29H. The number of hydrogen-bond donors (Lipinski definition) is 0. The van der Waals surface area contributed by atoms with Gasteiger partial charge in [0.25, 0.3) is 0 Å². The fraction of sp³-hybridized carbons (Fsp3) is 0. The average Bonchev–Trinajstić information content (AvgIpc) is 3.75. The van der Waals surface area contributed by atoms with Crippen LogP contribution in [0, 0.1) is 0 Å². The van der Waals surface area contributed by atoms with Crippen molar-refractivity contribution in [2.45, 2.75) is 0 Å². The van der Waals surface area contributed by atoms with Crippen molar-refractivity contribution in [1.82, 2.24) is 0 Å². The van der Waals surface area contributed by atoms with E-state index in [0.717, 1.165) is 17.1 Å². The number of nitrogens with zero attached hydrogens (tertiary/aromatic N) is 1. The first-order valence-corrected chi connectivity index (χ1v) is 18.2. The van der Waals surface area contributed by atoms with E-state index in [1.165, 1.54) is 73.4 Å². The van der Waals surface area contributed by atoms with Gasteiger partial charge in [-0.25, -0.2) is 0 Å². The smallest absolute Gasteiger partial charge is 0.0468 e. The molecule has 3 heteroatoms. The zero-order valence-corrected chi connectivity index (χ0v) is 28.1. The lowest BCUT2D eigenvalue weighted by molar-refractivity contribution is 1.29. The second-order valence-corrected chi connectivity index (χ2v) is 14.7. The van der Waals surface area contributed by atoms with Gasteiger partial charge in [-0.3, -0.25) is 0 Å². The SMILES string of the molecule is c1ccc(-c2ccc(N(c3cccc(-c4cccc5c4sc4ccccc45)c3)c3ccc4ccc5sc6ccccc6c5c4c3)cc2)cc1. The summed E-state index contributed by atoms with van der Waals surface area (Å²) in [6.07, 6.45) is 0. The molecule has 0 aliphatic heterocycles. The predicted octanol–water partition coefficient (Wildman–Crippen LogP) is 14.4. The summed E-state index contributed by atoms with van der Waals surface area (Å²) in [6, 6.07) is 64.4. The van der Waals surface area contributed by atoms with Crippen molar-refractivity contribution in [2.24, 2.45) is 0 Å². The molecule has 10 aromatic rings. The number of hydrogen-bond acceptors (Lipinski definition) is 3. The monoisotopic (exact) mass is 659 g/mol. The van der Waals surface area contributed by atoms with Crippen LogP contribution >= 0.6 is 22.7 Å². The molecular formula is C46H29NS2. The molecule has 0 unspecified atom stereocenters. The largest absolute Gasteiger partial charge is 0.310 e. The van der Waals surface area contributed by atoms with Gasteiger partial charge in [0.05, 0.1) is 0 Å². The van der Waals surface area contributed by atoms with Gasteiger partial charge in [-0.2, -0.15) is 0 Å². The van der Waals surface area contributed by atoms with E-state index in [9.17, 15) is 0 Å². The van der Waals surface area contributed by atoms with Crippen LogP contribution in [0.25, 0.3) is 73.4 Å². The predicted molar refractivity (Wildman–Crippen MR) is 215 cm³/mol. The van der Waals surface area contributed by atoms with Crippen LogP contribution in [0.1, 0.15) is 0 Å². The quantitative estimate of drug-likeness (QED) is 0.178. The zero-order valence-electron chi connectivity index (χ0n) is 26.5. The third kappa shape index (κ3) is 4.74. The van der Waals surface area contributed by atoms with Gasteiger partial charge >= 0.3 is 0 Å². The summed E-state index contributed by atoms with van der Waals surface area (Å²) in [7, 11) is 0. The third-order valence-electron chi connectivity index (χ3n) is 9.65. The minimum atomic E-state index is 1.12. The maximum absolute atomic E-state index is 2.41. The Hall–Kier alpha value is -5.74. The minimum absolute atomic E-state index is 1.12. The molecule has 49 heavy (non-hydrogen) atoms. The van der Waals surface area contributed by atoms with Gasteiger partial charge in [-0.05, 0) is 87.6 Å². The Balaban J connectivity index is 1.17. The van der Waals surface area contributed by atoms with Crippen molar-refractivity contribution in [2.75, 3.05) is 4.90 Å². The van der Waals surface area contributed by atoms with E-state index in [2.05, 4.69) is 181 Å². The lowest BCUT2D eigenvalue weighted by atomic mass is 10.0. The van der Waals surface area contributed by atoms with E-state index in [1.54, 1.807) is 0 Å². The molecular weight excluding hydrogens is 631 g/mol. The van der Waals surface area contributed by atoms with Gasteiger partial charge in [-0.1, -0.05) is 121 Å². The summed E-state index contributed by atoms with van der Waals surface area (Å²) < 4.78 is 5.30. The molecule has 0 spiro atoms. The van der Waals surface area contributed by atoms with E-state index in [1.807, 2.05) is 22.7 Å². The van der Waals surface area contributed by atoms with Gasteiger partial charge in [0, 0.05) is 57.4 Å². The lowest BCUT2D eigenvalue weighted by Crippen LogP contribution is -2.10. The Morgan fingerprint density at radius 1 is 0.347 bits per heavy atom. The van der Waals surface area contributed by atoms with Crippen molar-refractivity contribution in [3.05, 3.63) is 176 Å². The van der Waals surface area contributed by atoms with E-state index >= 15 is 0 Å². The molecule has 0 atom stereocenters. The highest BCUT2D eigenvalue weighted by atomic mass is 32.1. The molecule has 2 aromatic heterocycles. The van der Waals surface area contributed by atoms with Crippen LogP contribution in [0.4, 0.5) is 17.1 Å². The first-order valence-electron chi connectivity index (χ1n) is 16.6. The summed E-state index contributed by atoms with van der Waals surface area (Å²) in [6.45, 7) is 0. The molecule has 0 saturated heterocycles. The first-order chi connectivity index (χ1) is 24.3. The van der Waals surface area contributed by atoms with E-state index in [0.29, 0.717) is 0 Å². The lowest BCUT2D eigenvalue weighted by Gasteiger charge is -2.27. The van der Waals surface area contributed by atoms with Gasteiger partial charge in [0.1, 0.15) is 0 Å². The van der Waals surface area contributed by atoms with Crippen LogP contribution in [0.15, 0.2) is 176 Å². The molecule has 8 aromatic carbocycles. The second kappa shape index (κ2) is 11.5. The number of rotatable bonds is 5. The van der Waals surface area contributed by atoms with Gasteiger partial charge in [0.2, 0.25) is 0 Å². The van der Waals surface area contributed by atoms with Crippen molar-refractivity contribution >= 4 is 90.9 Å². The Bertz CT molecular complexity index is 2830. The first kappa shape index (κ1) is 28.3. The Morgan fingerprint density at radius 2 is 0.980 bits per heavy atom. The number of anilines is 3.